The summed E-state index contributed by atoms with van der Waals surface area (Å²) in [7, 11) is 4.21. The number of aliphatic hydroxyl groups excluding tert-OH is 1. The third-order valence-electron chi connectivity index (χ3n) is 4.75. The predicted octanol–water partition coefficient (Wildman–Crippen LogP) is 1.68. The van der Waals surface area contributed by atoms with Crippen molar-refractivity contribution in [2.24, 2.45) is 13.0 Å². The predicted molar refractivity (Wildman–Crippen MR) is 87.6 cm³/mol. The van der Waals surface area contributed by atoms with Gasteiger partial charge in [-0.3, -0.25) is 9.58 Å². The minimum absolute atomic E-state index is 0.0457. The Morgan fingerprint density at radius 1 is 1.30 bits per heavy atom. The molecule has 23 heavy (non-hydrogen) atoms. The summed E-state index contributed by atoms with van der Waals surface area (Å²) in [5.41, 5.74) is 1.28. The topological polar surface area (TPSA) is 66.5 Å². The molecular weight excluding hydrogens is 292 g/mol. The first-order valence-electron chi connectivity index (χ1n) is 8.26. The molecule has 0 bridgehead atoms. The van der Waals surface area contributed by atoms with Gasteiger partial charge in [-0.25, -0.2) is 0 Å². The van der Waals surface area contributed by atoms with Gasteiger partial charge in [-0.15, -0.1) is 0 Å². The van der Waals surface area contributed by atoms with Gasteiger partial charge in [0.25, 0.3) is 0 Å². The molecule has 0 spiro atoms. The van der Waals surface area contributed by atoms with E-state index in [-0.39, 0.29) is 6.61 Å². The van der Waals surface area contributed by atoms with Crippen LogP contribution in [0, 0.1) is 5.92 Å². The van der Waals surface area contributed by atoms with Crippen molar-refractivity contribution in [3.8, 4) is 0 Å². The van der Waals surface area contributed by atoms with Crippen LogP contribution in [0.25, 0.3) is 0 Å². The highest BCUT2D eigenvalue weighted by Crippen LogP contribution is 2.34. The Balaban J connectivity index is 1.61. The fraction of sp³-hybridized carbons (Fsp3) is 0.588. The van der Waals surface area contributed by atoms with Crippen LogP contribution in [0.15, 0.2) is 28.8 Å². The van der Waals surface area contributed by atoms with Crippen molar-refractivity contribution in [1.29, 1.82) is 0 Å². The van der Waals surface area contributed by atoms with Crippen molar-refractivity contribution in [2.75, 3.05) is 20.1 Å². The second kappa shape index (κ2) is 7.29. The van der Waals surface area contributed by atoms with E-state index in [0.717, 1.165) is 18.8 Å². The Bertz CT molecular complexity index is 622. The second-order valence-corrected chi connectivity index (χ2v) is 6.36. The molecule has 126 valence electrons. The van der Waals surface area contributed by atoms with Gasteiger partial charge >= 0.3 is 0 Å². The van der Waals surface area contributed by atoms with Gasteiger partial charge in [0.1, 0.15) is 18.1 Å². The summed E-state index contributed by atoms with van der Waals surface area (Å²) in [4.78, 5) is 2.43. The number of aliphatic hydroxyl groups is 1. The summed E-state index contributed by atoms with van der Waals surface area (Å²) in [5.74, 6) is 2.04. The van der Waals surface area contributed by atoms with Gasteiger partial charge < -0.3 is 14.8 Å². The van der Waals surface area contributed by atoms with Crippen LogP contribution in [-0.2, 0) is 20.2 Å². The summed E-state index contributed by atoms with van der Waals surface area (Å²) >= 11 is 0. The standard InChI is InChI=1S/C17H26N4O2/c1-20-9-3-4-13(17(20)16-7-8-19-21(16)2)10-18-11-14-5-6-15(12-22)23-14/h5-8,13,17-18,22H,3-4,9-12H2,1-2H3/t13-,17+/m0/s1. The molecule has 1 aliphatic rings. The molecule has 0 unspecified atom stereocenters. The number of nitrogens with one attached hydrogen (secondary N) is 1. The number of hydrogen-bond donors (Lipinski definition) is 2. The van der Waals surface area contributed by atoms with Gasteiger partial charge in [0.2, 0.25) is 0 Å². The lowest BCUT2D eigenvalue weighted by atomic mass is 9.87. The maximum atomic E-state index is 9.05. The normalized spacial score (nSPS) is 22.6. The molecule has 0 amide bonds. The zero-order chi connectivity index (χ0) is 16.2. The minimum atomic E-state index is -0.0457. The highest BCUT2D eigenvalue weighted by molar-refractivity contribution is 5.10. The second-order valence-electron chi connectivity index (χ2n) is 6.36. The minimum Gasteiger partial charge on any atom is -0.462 e. The molecule has 1 aliphatic heterocycles. The van der Waals surface area contributed by atoms with E-state index in [1.54, 1.807) is 0 Å². The molecular formula is C17H26N4O2. The molecule has 6 nitrogen and oxygen atoms in total. The summed E-state index contributed by atoms with van der Waals surface area (Å²) in [6, 6.07) is 6.27. The Labute approximate surface area is 137 Å². The zero-order valence-corrected chi connectivity index (χ0v) is 13.9. The largest absolute Gasteiger partial charge is 0.462 e. The quantitative estimate of drug-likeness (QED) is 0.848. The molecule has 0 aliphatic carbocycles. The lowest BCUT2D eigenvalue weighted by molar-refractivity contribution is 0.112. The highest BCUT2D eigenvalue weighted by Gasteiger charge is 2.31. The molecule has 0 radical (unpaired) electrons. The van der Waals surface area contributed by atoms with Crippen LogP contribution in [0.5, 0.6) is 0 Å². The van der Waals surface area contributed by atoms with Gasteiger partial charge in [-0.1, -0.05) is 0 Å². The van der Waals surface area contributed by atoms with E-state index in [0.29, 0.717) is 24.3 Å². The first kappa shape index (κ1) is 16.2. The molecule has 0 aromatic carbocycles. The Morgan fingerprint density at radius 3 is 2.83 bits per heavy atom. The molecule has 6 heteroatoms. The van der Waals surface area contributed by atoms with Crippen molar-refractivity contribution >= 4 is 0 Å². The van der Waals surface area contributed by atoms with Crippen LogP contribution in [-0.4, -0.2) is 39.9 Å². The summed E-state index contributed by atoms with van der Waals surface area (Å²) in [6.07, 6.45) is 4.32. The number of hydrogen-bond acceptors (Lipinski definition) is 5. The van der Waals surface area contributed by atoms with E-state index in [1.807, 2.05) is 30.1 Å². The van der Waals surface area contributed by atoms with E-state index in [9.17, 15) is 0 Å². The highest BCUT2D eigenvalue weighted by atomic mass is 16.4. The number of likely N-dealkylation sites (tertiary alicyclic amines) is 1. The van der Waals surface area contributed by atoms with Crippen LogP contribution in [0.1, 0.15) is 36.1 Å². The smallest absolute Gasteiger partial charge is 0.129 e. The molecule has 2 N–H and O–H groups in total. The first-order valence-corrected chi connectivity index (χ1v) is 8.26. The van der Waals surface area contributed by atoms with Crippen molar-refractivity contribution in [2.45, 2.75) is 32.0 Å². The fourth-order valence-corrected chi connectivity index (χ4v) is 3.60. The molecule has 2 aromatic heterocycles. The Kier molecular flexibility index (Phi) is 5.15. The Hall–Kier alpha value is -1.63. The zero-order valence-electron chi connectivity index (χ0n) is 13.9. The van der Waals surface area contributed by atoms with Gasteiger partial charge in [-0.2, -0.15) is 5.10 Å². The van der Waals surface area contributed by atoms with Crippen molar-refractivity contribution < 1.29 is 9.52 Å². The number of rotatable bonds is 6. The van der Waals surface area contributed by atoms with Crippen LogP contribution in [0.2, 0.25) is 0 Å². The van der Waals surface area contributed by atoms with E-state index in [4.69, 9.17) is 9.52 Å². The summed E-state index contributed by atoms with van der Waals surface area (Å²) < 4.78 is 7.51. The van der Waals surface area contributed by atoms with Gasteiger partial charge in [0, 0.05) is 19.8 Å². The van der Waals surface area contributed by atoms with Gasteiger partial charge in [-0.05, 0) is 50.6 Å². The van der Waals surface area contributed by atoms with Crippen LogP contribution < -0.4 is 5.32 Å². The maximum absolute atomic E-state index is 9.05. The molecule has 1 saturated heterocycles. The average molecular weight is 318 g/mol. The first-order chi connectivity index (χ1) is 11.2. The third-order valence-corrected chi connectivity index (χ3v) is 4.75. The van der Waals surface area contributed by atoms with Crippen molar-refractivity contribution in [3.63, 3.8) is 0 Å². The molecule has 3 rings (SSSR count). The Morgan fingerprint density at radius 2 is 2.13 bits per heavy atom. The van der Waals surface area contributed by atoms with Crippen LogP contribution in [0.3, 0.4) is 0 Å². The average Bonchev–Trinajstić information content (AvgIpc) is 3.17. The number of aromatic nitrogens is 2. The van der Waals surface area contributed by atoms with Gasteiger partial charge in [0.05, 0.1) is 18.3 Å². The van der Waals surface area contributed by atoms with E-state index in [1.165, 1.54) is 18.5 Å². The monoisotopic (exact) mass is 318 g/mol. The molecule has 3 heterocycles. The van der Waals surface area contributed by atoms with E-state index in [2.05, 4.69) is 28.4 Å². The fourth-order valence-electron chi connectivity index (χ4n) is 3.60. The van der Waals surface area contributed by atoms with Crippen LogP contribution >= 0.6 is 0 Å². The van der Waals surface area contributed by atoms with Gasteiger partial charge in [0.15, 0.2) is 0 Å². The summed E-state index contributed by atoms with van der Waals surface area (Å²) in [6.45, 7) is 2.72. The maximum Gasteiger partial charge on any atom is 0.129 e. The number of furan rings is 1. The number of aryl methyl sites for hydroxylation is 1. The molecule has 2 atom stereocenters. The molecule has 2 aromatic rings. The summed E-state index contributed by atoms with van der Waals surface area (Å²) in [5, 5.41) is 16.9. The molecule has 0 saturated carbocycles. The SMILES string of the molecule is CN1CCC[C@@H](CNCc2ccc(CO)o2)[C@@H]1c1ccnn1C. The van der Waals surface area contributed by atoms with Crippen molar-refractivity contribution in [1.82, 2.24) is 20.0 Å². The lowest BCUT2D eigenvalue weighted by Crippen LogP contribution is -2.41. The van der Waals surface area contributed by atoms with E-state index < -0.39 is 0 Å². The number of piperidine rings is 1. The number of nitrogens with zero attached hydrogens (tertiary/aromatic N) is 3. The molecule has 1 fully saturated rings. The lowest BCUT2D eigenvalue weighted by Gasteiger charge is -2.39. The van der Waals surface area contributed by atoms with Crippen LogP contribution in [0.4, 0.5) is 0 Å². The van der Waals surface area contributed by atoms with E-state index >= 15 is 0 Å². The van der Waals surface area contributed by atoms with Crippen molar-refractivity contribution in [3.05, 3.63) is 41.6 Å². The third kappa shape index (κ3) is 3.65.